The van der Waals surface area contributed by atoms with E-state index in [0.717, 1.165) is 39.9 Å². The molecule has 3 aromatic rings. The molecule has 5 heteroatoms. The highest BCUT2D eigenvalue weighted by molar-refractivity contribution is 5.87. The van der Waals surface area contributed by atoms with Gasteiger partial charge in [0, 0.05) is 10.9 Å². The Balaban J connectivity index is 1.84. The van der Waals surface area contributed by atoms with E-state index in [-0.39, 0.29) is 6.61 Å². The van der Waals surface area contributed by atoms with Crippen molar-refractivity contribution in [1.29, 1.82) is 0 Å². The molecule has 2 aromatic heterocycles. The summed E-state index contributed by atoms with van der Waals surface area (Å²) in [4.78, 5) is 12.5. The molecule has 0 radical (unpaired) electrons. The van der Waals surface area contributed by atoms with Gasteiger partial charge in [0.25, 0.3) is 0 Å². The number of aromatic amines is 1. The minimum atomic E-state index is -0.00761. The molecule has 1 unspecified atom stereocenters. The van der Waals surface area contributed by atoms with E-state index in [2.05, 4.69) is 23.0 Å². The molecule has 0 aliphatic heterocycles. The molecule has 4 N–H and O–H groups in total. The zero-order chi connectivity index (χ0) is 17.4. The van der Waals surface area contributed by atoms with Crippen molar-refractivity contribution in [3.63, 3.8) is 0 Å². The lowest BCUT2D eigenvalue weighted by molar-refractivity contribution is 0.334. The van der Waals surface area contributed by atoms with Crippen molar-refractivity contribution >= 4 is 22.3 Å². The van der Waals surface area contributed by atoms with Crippen LogP contribution in [-0.4, -0.2) is 26.7 Å². The Morgan fingerprint density at radius 3 is 2.96 bits per heavy atom. The fourth-order valence-electron chi connectivity index (χ4n) is 3.26. The predicted octanol–water partition coefficient (Wildman–Crippen LogP) is 3.55. The van der Waals surface area contributed by atoms with Gasteiger partial charge in [0.05, 0.1) is 24.2 Å². The van der Waals surface area contributed by atoms with Gasteiger partial charge >= 0.3 is 0 Å². The second-order valence-electron chi connectivity index (χ2n) is 6.46. The largest absolute Gasteiger partial charge is 0.392 e. The Morgan fingerprint density at radius 2 is 2.16 bits per heavy atom. The van der Waals surface area contributed by atoms with Crippen LogP contribution in [0, 0.1) is 5.92 Å². The molecule has 4 rings (SSSR count). The molecule has 1 aliphatic rings. The third kappa shape index (κ3) is 2.83. The first-order chi connectivity index (χ1) is 12.2. The van der Waals surface area contributed by atoms with E-state index in [0.29, 0.717) is 17.4 Å². The average Bonchev–Trinajstić information content (AvgIpc) is 3.06. The number of anilines is 1. The summed E-state index contributed by atoms with van der Waals surface area (Å²) in [5, 5.41) is 10.8. The lowest BCUT2D eigenvalue weighted by atomic mass is 9.89. The van der Waals surface area contributed by atoms with Gasteiger partial charge in [-0.05, 0) is 35.6 Å². The van der Waals surface area contributed by atoms with Gasteiger partial charge in [-0.2, -0.15) is 0 Å². The minimum Gasteiger partial charge on any atom is -0.392 e. The molecule has 0 amide bonds. The van der Waals surface area contributed by atoms with E-state index in [1.54, 1.807) is 6.20 Å². The predicted molar refractivity (Wildman–Crippen MR) is 101 cm³/mol. The van der Waals surface area contributed by atoms with Crippen LogP contribution in [0.3, 0.4) is 0 Å². The second kappa shape index (κ2) is 6.18. The number of nitrogens with two attached hydrogens (primary N) is 1. The fraction of sp³-hybridized carbons (Fsp3) is 0.200. The monoisotopic (exact) mass is 332 g/mol. The number of aliphatic hydroxyl groups is 1. The van der Waals surface area contributed by atoms with E-state index in [1.165, 1.54) is 0 Å². The number of nitrogens with zero attached hydrogens (tertiary/aromatic N) is 2. The van der Waals surface area contributed by atoms with E-state index in [1.807, 2.05) is 36.4 Å². The van der Waals surface area contributed by atoms with Gasteiger partial charge in [-0.15, -0.1) is 0 Å². The molecule has 0 spiro atoms. The van der Waals surface area contributed by atoms with Gasteiger partial charge in [-0.1, -0.05) is 37.3 Å². The molecule has 1 aromatic carbocycles. The normalized spacial score (nSPS) is 17.4. The Hall–Kier alpha value is -2.92. The summed E-state index contributed by atoms with van der Waals surface area (Å²) in [6.45, 7) is 2.14. The molecule has 2 heterocycles. The number of aromatic nitrogens is 3. The minimum absolute atomic E-state index is 0.00761. The SMILES string of the molecule is CC1C=CC(CO)=C(c2cnc(N)c(-c3cc4ccccc4[nH]3)n2)C1. The number of para-hydroxylation sites is 1. The highest BCUT2D eigenvalue weighted by Gasteiger charge is 2.18. The highest BCUT2D eigenvalue weighted by Crippen LogP contribution is 2.32. The van der Waals surface area contributed by atoms with Gasteiger partial charge in [-0.25, -0.2) is 9.97 Å². The summed E-state index contributed by atoms with van der Waals surface area (Å²) in [6.07, 6.45) is 6.61. The summed E-state index contributed by atoms with van der Waals surface area (Å²) < 4.78 is 0. The van der Waals surface area contributed by atoms with Crippen LogP contribution in [0.4, 0.5) is 5.82 Å². The summed E-state index contributed by atoms with van der Waals surface area (Å²) >= 11 is 0. The molecular formula is C20H20N4O. The summed E-state index contributed by atoms with van der Waals surface area (Å²) in [5.41, 5.74) is 11.3. The number of benzene rings is 1. The Bertz CT molecular complexity index is 967. The highest BCUT2D eigenvalue weighted by atomic mass is 16.3. The quantitative estimate of drug-likeness (QED) is 0.684. The van der Waals surface area contributed by atoms with Gasteiger partial charge in [0.2, 0.25) is 0 Å². The summed E-state index contributed by atoms with van der Waals surface area (Å²) in [6, 6.07) is 10.1. The number of rotatable bonds is 3. The smallest absolute Gasteiger partial charge is 0.151 e. The molecule has 126 valence electrons. The van der Waals surface area contributed by atoms with Crippen LogP contribution in [0.25, 0.3) is 27.9 Å². The topological polar surface area (TPSA) is 87.8 Å². The molecular weight excluding hydrogens is 312 g/mol. The number of nitrogen functional groups attached to an aromatic ring is 1. The van der Waals surface area contributed by atoms with Crippen LogP contribution in [0.2, 0.25) is 0 Å². The number of hydrogen-bond donors (Lipinski definition) is 3. The van der Waals surface area contributed by atoms with Crippen LogP contribution in [-0.2, 0) is 0 Å². The standard InChI is InChI=1S/C20H20N4O/c1-12-6-7-14(11-25)15(8-12)18-10-22-20(21)19(24-18)17-9-13-4-2-3-5-16(13)23-17/h2-7,9-10,12,23,25H,8,11H2,1H3,(H2,21,22). The Morgan fingerprint density at radius 1 is 1.32 bits per heavy atom. The number of hydrogen-bond acceptors (Lipinski definition) is 4. The molecule has 0 saturated carbocycles. The second-order valence-corrected chi connectivity index (χ2v) is 6.46. The van der Waals surface area contributed by atoms with Crippen LogP contribution in [0.1, 0.15) is 19.0 Å². The Kier molecular flexibility index (Phi) is 3.86. The third-order valence-electron chi connectivity index (χ3n) is 4.61. The first-order valence-electron chi connectivity index (χ1n) is 8.38. The van der Waals surface area contributed by atoms with Gasteiger partial charge in [-0.3, -0.25) is 0 Å². The molecule has 25 heavy (non-hydrogen) atoms. The van der Waals surface area contributed by atoms with Crippen LogP contribution >= 0.6 is 0 Å². The van der Waals surface area contributed by atoms with E-state index in [9.17, 15) is 5.11 Å². The van der Waals surface area contributed by atoms with Crippen molar-refractivity contribution < 1.29 is 5.11 Å². The molecule has 0 fully saturated rings. The zero-order valence-corrected chi connectivity index (χ0v) is 14.0. The first-order valence-corrected chi connectivity index (χ1v) is 8.38. The number of fused-ring (bicyclic) bond motifs is 1. The molecule has 5 nitrogen and oxygen atoms in total. The van der Waals surface area contributed by atoms with E-state index in [4.69, 9.17) is 10.7 Å². The van der Waals surface area contributed by atoms with Gasteiger partial charge in [0.15, 0.2) is 5.82 Å². The molecule has 0 bridgehead atoms. The van der Waals surface area contributed by atoms with Crippen molar-refractivity contribution in [3.05, 3.63) is 59.9 Å². The van der Waals surface area contributed by atoms with Crippen LogP contribution in [0.15, 0.2) is 54.3 Å². The van der Waals surface area contributed by atoms with Gasteiger partial charge < -0.3 is 15.8 Å². The van der Waals surface area contributed by atoms with E-state index < -0.39 is 0 Å². The van der Waals surface area contributed by atoms with Crippen molar-refractivity contribution in [2.24, 2.45) is 5.92 Å². The van der Waals surface area contributed by atoms with Gasteiger partial charge in [0.1, 0.15) is 5.69 Å². The lowest BCUT2D eigenvalue weighted by Crippen LogP contribution is -2.08. The first kappa shape index (κ1) is 15.6. The van der Waals surface area contributed by atoms with E-state index >= 15 is 0 Å². The van der Waals surface area contributed by atoms with Crippen molar-refractivity contribution in [3.8, 4) is 11.4 Å². The summed E-state index contributed by atoms with van der Waals surface area (Å²) in [7, 11) is 0. The maximum atomic E-state index is 9.66. The molecule has 0 saturated heterocycles. The lowest BCUT2D eigenvalue weighted by Gasteiger charge is -2.19. The average molecular weight is 332 g/mol. The number of allylic oxidation sites excluding steroid dienone is 2. The number of H-pyrrole nitrogens is 1. The Labute approximate surface area is 145 Å². The van der Waals surface area contributed by atoms with Crippen LogP contribution < -0.4 is 5.73 Å². The number of nitrogens with one attached hydrogen (secondary N) is 1. The molecule has 1 atom stereocenters. The van der Waals surface area contributed by atoms with Crippen molar-refractivity contribution in [1.82, 2.24) is 15.0 Å². The maximum Gasteiger partial charge on any atom is 0.151 e. The van der Waals surface area contributed by atoms with Crippen molar-refractivity contribution in [2.45, 2.75) is 13.3 Å². The maximum absolute atomic E-state index is 9.66. The fourth-order valence-corrected chi connectivity index (χ4v) is 3.26. The third-order valence-corrected chi connectivity index (χ3v) is 4.61. The van der Waals surface area contributed by atoms with Crippen LogP contribution in [0.5, 0.6) is 0 Å². The van der Waals surface area contributed by atoms with Crippen molar-refractivity contribution in [2.75, 3.05) is 12.3 Å². The summed E-state index contributed by atoms with van der Waals surface area (Å²) in [5.74, 6) is 0.794. The number of aliphatic hydroxyl groups excluding tert-OH is 1. The zero-order valence-electron chi connectivity index (χ0n) is 14.0. The molecule has 1 aliphatic carbocycles.